The quantitative estimate of drug-likeness (QED) is 0.561. The summed E-state index contributed by atoms with van der Waals surface area (Å²) < 4.78 is 6.07. The number of aryl methyl sites for hydroxylation is 2. The first kappa shape index (κ1) is 23.2. The number of carboxylic acids is 1. The van der Waals surface area contributed by atoms with Gasteiger partial charge < -0.3 is 14.7 Å². The van der Waals surface area contributed by atoms with Crippen molar-refractivity contribution >= 4 is 18.4 Å². The van der Waals surface area contributed by atoms with E-state index in [-0.39, 0.29) is 18.3 Å². The fourth-order valence-electron chi connectivity index (χ4n) is 3.80. The fourth-order valence-corrected chi connectivity index (χ4v) is 3.80. The summed E-state index contributed by atoms with van der Waals surface area (Å²) in [5, 5.41) is 9.07. The number of para-hydroxylation sites is 1. The highest BCUT2D eigenvalue weighted by atomic mass is 35.5. The number of benzene rings is 2. The van der Waals surface area contributed by atoms with Crippen molar-refractivity contribution in [3.05, 3.63) is 65.7 Å². The number of carboxylic acid groups (broad SMARTS) is 1. The molecule has 1 N–H and O–H groups in total. The molecule has 0 amide bonds. The van der Waals surface area contributed by atoms with Crippen molar-refractivity contribution in [1.29, 1.82) is 0 Å². The SMILES string of the molecule is Cl.O=C(O)C1CCN(CCCCOc2ccccc2CCc2ccccc2)CC1. The number of likely N-dealkylation sites (tertiary alicyclic amines) is 1. The molecule has 0 aliphatic carbocycles. The second kappa shape index (κ2) is 12.5. The van der Waals surface area contributed by atoms with Gasteiger partial charge in [-0.15, -0.1) is 12.4 Å². The summed E-state index contributed by atoms with van der Waals surface area (Å²) in [5.74, 6) is 0.214. The Morgan fingerprint density at radius 1 is 0.966 bits per heavy atom. The van der Waals surface area contributed by atoms with Crippen LogP contribution in [0.2, 0.25) is 0 Å². The van der Waals surface area contributed by atoms with E-state index in [0.29, 0.717) is 0 Å². The number of unbranched alkanes of at least 4 members (excludes halogenated alkanes) is 1. The van der Waals surface area contributed by atoms with E-state index in [1.165, 1.54) is 11.1 Å². The molecule has 2 aromatic rings. The fraction of sp³-hybridized carbons (Fsp3) is 0.458. The average Bonchev–Trinajstić information content (AvgIpc) is 2.74. The van der Waals surface area contributed by atoms with Crippen LogP contribution in [0, 0.1) is 5.92 Å². The van der Waals surface area contributed by atoms with Crippen molar-refractivity contribution in [3.63, 3.8) is 0 Å². The van der Waals surface area contributed by atoms with Crippen LogP contribution in [-0.4, -0.2) is 42.2 Å². The standard InChI is InChI=1S/C24H31NO3.ClH/c26-24(27)22-14-17-25(18-15-22)16-6-7-19-28-23-11-5-4-10-21(23)13-12-20-8-2-1-3-9-20;/h1-5,8-11,22H,6-7,12-19H2,(H,26,27);1H. The Kier molecular flexibility index (Phi) is 10.0. The van der Waals surface area contributed by atoms with Crippen LogP contribution in [0.1, 0.15) is 36.8 Å². The maximum atomic E-state index is 11.0. The van der Waals surface area contributed by atoms with E-state index in [1.54, 1.807) is 0 Å². The van der Waals surface area contributed by atoms with Gasteiger partial charge in [0.25, 0.3) is 0 Å². The molecule has 29 heavy (non-hydrogen) atoms. The monoisotopic (exact) mass is 417 g/mol. The van der Waals surface area contributed by atoms with E-state index in [1.807, 2.05) is 6.07 Å². The molecule has 158 valence electrons. The minimum Gasteiger partial charge on any atom is -0.493 e. The van der Waals surface area contributed by atoms with Crippen LogP contribution in [0.5, 0.6) is 5.75 Å². The van der Waals surface area contributed by atoms with Crippen LogP contribution in [0.3, 0.4) is 0 Å². The first-order valence-electron chi connectivity index (χ1n) is 10.4. The summed E-state index contributed by atoms with van der Waals surface area (Å²) in [7, 11) is 0. The molecule has 0 radical (unpaired) electrons. The van der Waals surface area contributed by atoms with E-state index in [9.17, 15) is 4.79 Å². The molecule has 1 aliphatic rings. The van der Waals surface area contributed by atoms with Crippen molar-refractivity contribution < 1.29 is 14.6 Å². The number of hydrogen-bond donors (Lipinski definition) is 1. The topological polar surface area (TPSA) is 49.8 Å². The van der Waals surface area contributed by atoms with E-state index in [0.717, 1.165) is 70.5 Å². The number of hydrogen-bond acceptors (Lipinski definition) is 3. The summed E-state index contributed by atoms with van der Waals surface area (Å²) in [6.07, 6.45) is 5.67. The average molecular weight is 418 g/mol. The Balaban J connectivity index is 0.00000300. The molecule has 5 heteroatoms. The van der Waals surface area contributed by atoms with Crippen molar-refractivity contribution in [2.45, 2.75) is 38.5 Å². The Morgan fingerprint density at radius 2 is 1.66 bits per heavy atom. The minimum atomic E-state index is -0.640. The van der Waals surface area contributed by atoms with E-state index >= 15 is 0 Å². The van der Waals surface area contributed by atoms with Crippen LogP contribution in [0.4, 0.5) is 0 Å². The molecule has 1 saturated heterocycles. The first-order chi connectivity index (χ1) is 13.7. The molecule has 4 nitrogen and oxygen atoms in total. The van der Waals surface area contributed by atoms with Gasteiger partial charge >= 0.3 is 5.97 Å². The van der Waals surface area contributed by atoms with Crippen LogP contribution in [0.15, 0.2) is 54.6 Å². The molecular weight excluding hydrogens is 386 g/mol. The van der Waals surface area contributed by atoms with Gasteiger partial charge in [0, 0.05) is 0 Å². The number of carbonyl (C=O) groups is 1. The van der Waals surface area contributed by atoms with Crippen molar-refractivity contribution in [2.75, 3.05) is 26.2 Å². The number of halogens is 1. The van der Waals surface area contributed by atoms with Crippen LogP contribution in [-0.2, 0) is 17.6 Å². The Morgan fingerprint density at radius 3 is 2.38 bits per heavy atom. The maximum Gasteiger partial charge on any atom is 0.306 e. The molecular formula is C24H32ClNO3. The highest BCUT2D eigenvalue weighted by molar-refractivity contribution is 5.85. The second-order valence-electron chi connectivity index (χ2n) is 7.60. The van der Waals surface area contributed by atoms with Gasteiger partial charge in [0.05, 0.1) is 12.5 Å². The minimum absolute atomic E-state index is 0. The number of piperidine rings is 1. The van der Waals surface area contributed by atoms with Gasteiger partial charge in [-0.2, -0.15) is 0 Å². The number of rotatable bonds is 10. The second-order valence-corrected chi connectivity index (χ2v) is 7.60. The van der Waals surface area contributed by atoms with Crippen molar-refractivity contribution in [1.82, 2.24) is 4.90 Å². The number of nitrogens with zero attached hydrogens (tertiary/aromatic N) is 1. The normalized spacial score (nSPS) is 14.9. The molecule has 1 heterocycles. The Hall–Kier alpha value is -2.04. The van der Waals surface area contributed by atoms with Gasteiger partial charge in [-0.25, -0.2) is 0 Å². The van der Waals surface area contributed by atoms with Gasteiger partial charge in [-0.3, -0.25) is 4.79 Å². The van der Waals surface area contributed by atoms with Gasteiger partial charge in [0.15, 0.2) is 0 Å². The number of aliphatic carboxylic acids is 1. The molecule has 0 spiro atoms. The summed E-state index contributed by atoms with van der Waals surface area (Å²) in [4.78, 5) is 13.4. The molecule has 0 aromatic heterocycles. The van der Waals surface area contributed by atoms with Crippen LogP contribution >= 0.6 is 12.4 Å². The predicted molar refractivity (Wildman–Crippen MR) is 119 cm³/mol. The molecule has 0 bridgehead atoms. The molecule has 1 aliphatic heterocycles. The summed E-state index contributed by atoms with van der Waals surface area (Å²) >= 11 is 0. The Labute approximate surface area is 180 Å². The largest absolute Gasteiger partial charge is 0.493 e. The van der Waals surface area contributed by atoms with Gasteiger partial charge in [-0.05, 0) is 75.4 Å². The summed E-state index contributed by atoms with van der Waals surface area (Å²) in [5.41, 5.74) is 2.62. The smallest absolute Gasteiger partial charge is 0.306 e. The summed E-state index contributed by atoms with van der Waals surface area (Å²) in [6.45, 7) is 3.57. The predicted octanol–water partition coefficient (Wildman–Crippen LogP) is 4.85. The maximum absolute atomic E-state index is 11.0. The highest BCUT2D eigenvalue weighted by Crippen LogP contribution is 2.21. The molecule has 3 rings (SSSR count). The lowest BCUT2D eigenvalue weighted by Crippen LogP contribution is -2.36. The first-order valence-corrected chi connectivity index (χ1v) is 10.4. The summed E-state index contributed by atoms with van der Waals surface area (Å²) in [6, 6.07) is 18.9. The van der Waals surface area contributed by atoms with E-state index in [2.05, 4.69) is 53.4 Å². The Bertz CT molecular complexity index is 730. The van der Waals surface area contributed by atoms with Gasteiger partial charge in [0.1, 0.15) is 5.75 Å². The van der Waals surface area contributed by atoms with Gasteiger partial charge in [-0.1, -0.05) is 48.5 Å². The lowest BCUT2D eigenvalue weighted by molar-refractivity contribution is -0.143. The van der Waals surface area contributed by atoms with Crippen LogP contribution < -0.4 is 4.74 Å². The third-order valence-corrected chi connectivity index (χ3v) is 5.56. The zero-order chi connectivity index (χ0) is 19.6. The third kappa shape index (κ3) is 7.71. The molecule has 0 atom stereocenters. The number of ether oxygens (including phenoxy) is 1. The lowest BCUT2D eigenvalue weighted by atomic mass is 9.97. The zero-order valence-electron chi connectivity index (χ0n) is 17.0. The van der Waals surface area contributed by atoms with Crippen molar-refractivity contribution in [2.24, 2.45) is 5.92 Å². The third-order valence-electron chi connectivity index (χ3n) is 5.56. The van der Waals surface area contributed by atoms with Crippen molar-refractivity contribution in [3.8, 4) is 5.75 Å². The van der Waals surface area contributed by atoms with E-state index in [4.69, 9.17) is 9.84 Å². The molecule has 1 fully saturated rings. The van der Waals surface area contributed by atoms with Gasteiger partial charge in [0.2, 0.25) is 0 Å². The molecule has 0 saturated carbocycles. The highest BCUT2D eigenvalue weighted by Gasteiger charge is 2.23. The van der Waals surface area contributed by atoms with Crippen LogP contribution in [0.25, 0.3) is 0 Å². The lowest BCUT2D eigenvalue weighted by Gasteiger charge is -2.29. The molecule has 2 aromatic carbocycles. The molecule has 0 unspecified atom stereocenters. The van der Waals surface area contributed by atoms with E-state index < -0.39 is 5.97 Å². The zero-order valence-corrected chi connectivity index (χ0v) is 17.8.